The van der Waals surface area contributed by atoms with Crippen LogP contribution < -0.4 is 5.32 Å². The number of carbonyl (C=O) groups excluding carboxylic acids is 1. The summed E-state index contributed by atoms with van der Waals surface area (Å²) >= 11 is 0. The van der Waals surface area contributed by atoms with Gasteiger partial charge in [-0.15, -0.1) is 0 Å². The molecule has 3 rings (SSSR count). The molecule has 3 fully saturated rings. The molecule has 3 aliphatic rings. The molecule has 522 valence electrons. The van der Waals surface area contributed by atoms with Crippen molar-refractivity contribution in [2.75, 3.05) is 26.4 Å². The first kappa shape index (κ1) is 81.5. The fourth-order valence-corrected chi connectivity index (χ4v) is 11.6. The van der Waals surface area contributed by atoms with E-state index in [9.17, 15) is 61.0 Å². The lowest BCUT2D eigenvalue weighted by Crippen LogP contribution is -2.66. The van der Waals surface area contributed by atoms with Gasteiger partial charge in [-0.2, -0.15) is 0 Å². The number of hydrogen-bond donors (Lipinski definition) is 12. The van der Waals surface area contributed by atoms with Gasteiger partial charge in [0.2, 0.25) is 5.91 Å². The monoisotopic (exact) mass is 1280 g/mol. The largest absolute Gasteiger partial charge is 0.394 e. The number of nitrogens with one attached hydrogen (secondary N) is 1. The standard InChI is InChI=1S/C71H125NO18/c1-3-5-7-9-11-13-15-17-19-21-23-24-25-26-27-28-29-30-31-33-35-37-39-41-43-45-47-49-59(77)72-54(55(76)48-46-44-42-40-38-36-34-32-22-20-18-16-14-12-10-8-6-4-2)53-85-69-65(83)62(80)67(57(51-74)87-69)90-71-66(84)63(81)68(58(52-75)88-71)89-70-64(82)61(79)60(78)56(50-73)86-70/h5,7,11,13,17,19,23-24,38,40,46,48,54-58,60-71,73-76,78-84H,3-4,6,8-10,12,14-16,18,20-22,25-37,39,41-45,47,49-53H2,1-2H3,(H,72,77)/b7-5-,13-11-,19-17-,24-23-,40-38+,48-46+. The molecule has 0 bridgehead atoms. The average Bonchev–Trinajstić information content (AvgIpc) is 0.866. The van der Waals surface area contributed by atoms with E-state index in [1.165, 1.54) is 135 Å². The molecule has 0 aromatic heterocycles. The van der Waals surface area contributed by atoms with Gasteiger partial charge in [0.05, 0.1) is 38.6 Å². The molecular formula is C71H125NO18. The minimum atomic E-state index is -1.98. The number of aliphatic hydroxyl groups excluding tert-OH is 11. The van der Waals surface area contributed by atoms with Gasteiger partial charge in [0.1, 0.15) is 73.2 Å². The quantitative estimate of drug-likeness (QED) is 0.0199. The summed E-state index contributed by atoms with van der Waals surface area (Å²) in [6.45, 7) is 1.61. The van der Waals surface area contributed by atoms with Crippen molar-refractivity contribution >= 4 is 5.91 Å². The fourth-order valence-electron chi connectivity index (χ4n) is 11.6. The Bertz CT molecular complexity index is 1920. The molecule has 19 heteroatoms. The molecule has 3 saturated heterocycles. The van der Waals surface area contributed by atoms with Crippen molar-refractivity contribution in [3.8, 4) is 0 Å². The molecule has 0 aromatic carbocycles. The van der Waals surface area contributed by atoms with E-state index in [2.05, 4.69) is 79.9 Å². The van der Waals surface area contributed by atoms with Gasteiger partial charge in [0, 0.05) is 6.42 Å². The second kappa shape index (κ2) is 52.5. The lowest BCUT2D eigenvalue weighted by Gasteiger charge is -2.48. The molecule has 17 unspecified atom stereocenters. The van der Waals surface area contributed by atoms with Gasteiger partial charge in [-0.1, -0.05) is 234 Å². The maximum absolute atomic E-state index is 13.4. The van der Waals surface area contributed by atoms with Crippen LogP contribution in [0.3, 0.4) is 0 Å². The highest BCUT2D eigenvalue weighted by molar-refractivity contribution is 5.76. The molecule has 1 amide bonds. The molecule has 0 saturated carbocycles. The van der Waals surface area contributed by atoms with Gasteiger partial charge in [0.25, 0.3) is 0 Å². The number of unbranched alkanes of at least 4 members (excludes halogenated alkanes) is 27. The molecule has 3 aliphatic heterocycles. The van der Waals surface area contributed by atoms with Gasteiger partial charge in [-0.05, 0) is 70.6 Å². The molecule has 0 aliphatic carbocycles. The summed E-state index contributed by atoms with van der Waals surface area (Å²) in [5.74, 6) is -0.287. The second-order valence-corrected chi connectivity index (χ2v) is 25.0. The molecule has 0 spiro atoms. The van der Waals surface area contributed by atoms with E-state index in [1.807, 2.05) is 6.08 Å². The Morgan fingerprint density at radius 3 is 1.24 bits per heavy atom. The summed E-state index contributed by atoms with van der Waals surface area (Å²) in [4.78, 5) is 13.4. The van der Waals surface area contributed by atoms with Crippen LogP contribution >= 0.6 is 0 Å². The van der Waals surface area contributed by atoms with Crippen LogP contribution in [0.15, 0.2) is 72.9 Å². The van der Waals surface area contributed by atoms with Crippen LogP contribution in [-0.4, -0.2) is 193 Å². The maximum atomic E-state index is 13.4. The lowest BCUT2D eigenvalue weighted by molar-refractivity contribution is -0.379. The highest BCUT2D eigenvalue weighted by Gasteiger charge is 2.53. The average molecular weight is 1280 g/mol. The van der Waals surface area contributed by atoms with Crippen molar-refractivity contribution in [1.29, 1.82) is 0 Å². The van der Waals surface area contributed by atoms with Gasteiger partial charge >= 0.3 is 0 Å². The molecule has 12 N–H and O–H groups in total. The highest BCUT2D eigenvalue weighted by atomic mass is 16.8. The molecular weight excluding hydrogens is 1150 g/mol. The van der Waals surface area contributed by atoms with Crippen molar-refractivity contribution in [1.82, 2.24) is 5.32 Å². The third-order valence-electron chi connectivity index (χ3n) is 17.2. The van der Waals surface area contributed by atoms with Crippen LogP contribution in [0.2, 0.25) is 0 Å². The van der Waals surface area contributed by atoms with Crippen molar-refractivity contribution < 1.29 is 89.4 Å². The Balaban J connectivity index is 1.43. The van der Waals surface area contributed by atoms with Crippen LogP contribution in [0.1, 0.15) is 239 Å². The van der Waals surface area contributed by atoms with Crippen molar-refractivity contribution in [2.24, 2.45) is 0 Å². The zero-order valence-corrected chi connectivity index (χ0v) is 55.1. The molecule has 3 heterocycles. The topological polar surface area (TPSA) is 307 Å². The van der Waals surface area contributed by atoms with Crippen LogP contribution in [0.5, 0.6) is 0 Å². The summed E-state index contributed by atoms with van der Waals surface area (Å²) in [7, 11) is 0. The third kappa shape index (κ3) is 34.1. The minimum Gasteiger partial charge on any atom is -0.394 e. The molecule has 19 nitrogen and oxygen atoms in total. The van der Waals surface area contributed by atoms with Crippen molar-refractivity contribution in [2.45, 2.75) is 343 Å². The van der Waals surface area contributed by atoms with Crippen LogP contribution in [0.25, 0.3) is 0 Å². The van der Waals surface area contributed by atoms with Gasteiger partial charge in [0.15, 0.2) is 18.9 Å². The fraction of sp³-hybridized carbons (Fsp3) is 0.817. The maximum Gasteiger partial charge on any atom is 0.220 e. The van der Waals surface area contributed by atoms with Gasteiger partial charge in [-0.25, -0.2) is 0 Å². The summed E-state index contributed by atoms with van der Waals surface area (Å²) in [5, 5.41) is 121. The first-order valence-electron chi connectivity index (χ1n) is 35.2. The van der Waals surface area contributed by atoms with E-state index in [1.54, 1.807) is 6.08 Å². The van der Waals surface area contributed by atoms with Crippen LogP contribution in [0.4, 0.5) is 0 Å². The lowest BCUT2D eigenvalue weighted by atomic mass is 9.96. The predicted octanol–water partition coefficient (Wildman–Crippen LogP) is 9.33. The normalized spacial score (nSPS) is 28.5. The highest BCUT2D eigenvalue weighted by Crippen LogP contribution is 2.33. The van der Waals surface area contributed by atoms with E-state index in [0.29, 0.717) is 12.8 Å². The van der Waals surface area contributed by atoms with E-state index in [0.717, 1.165) is 70.6 Å². The number of allylic oxidation sites excluding steroid dienone is 11. The van der Waals surface area contributed by atoms with Crippen molar-refractivity contribution in [3.05, 3.63) is 72.9 Å². The number of hydrogen-bond acceptors (Lipinski definition) is 18. The second-order valence-electron chi connectivity index (χ2n) is 25.0. The van der Waals surface area contributed by atoms with E-state index >= 15 is 0 Å². The Labute approximate surface area is 540 Å². The summed E-state index contributed by atoms with van der Waals surface area (Å²) in [6, 6.07) is -0.994. The predicted molar refractivity (Wildman–Crippen MR) is 351 cm³/mol. The zero-order valence-electron chi connectivity index (χ0n) is 55.1. The van der Waals surface area contributed by atoms with Gasteiger partial charge in [-0.3, -0.25) is 4.79 Å². The Morgan fingerprint density at radius 2 is 0.778 bits per heavy atom. The zero-order chi connectivity index (χ0) is 65.4. The summed E-state index contributed by atoms with van der Waals surface area (Å²) in [6.07, 6.45) is 38.8. The molecule has 0 radical (unpaired) electrons. The van der Waals surface area contributed by atoms with E-state index < -0.39 is 124 Å². The number of carbonyl (C=O) groups is 1. The SMILES string of the molecule is CC/C=C\C/C=C\C/C=C\C/C=C\CCCCCCCCCCCCCCCCC(=O)NC(COC1OC(CO)C(OC2OC(CO)C(OC3OC(CO)C(O)C(O)C3O)C(O)C2O)C(O)C1O)C(O)/C=C/CC/C=C/CCCCCCCCCCCCCC. The molecule has 90 heavy (non-hydrogen) atoms. The summed E-state index contributed by atoms with van der Waals surface area (Å²) < 4.78 is 34.3. The smallest absolute Gasteiger partial charge is 0.220 e. The Morgan fingerprint density at radius 1 is 0.411 bits per heavy atom. The van der Waals surface area contributed by atoms with Crippen LogP contribution in [0, 0.1) is 0 Å². The van der Waals surface area contributed by atoms with Crippen molar-refractivity contribution in [3.63, 3.8) is 0 Å². The molecule has 0 aromatic rings. The van der Waals surface area contributed by atoms with Gasteiger partial charge < -0.3 is 89.9 Å². The first-order chi connectivity index (χ1) is 43.8. The number of aliphatic hydroxyl groups is 11. The minimum absolute atomic E-state index is 0.232. The molecule has 17 atom stereocenters. The Kier molecular flexibility index (Phi) is 47.5. The number of ether oxygens (including phenoxy) is 6. The third-order valence-corrected chi connectivity index (χ3v) is 17.2. The summed E-state index contributed by atoms with van der Waals surface area (Å²) in [5.41, 5.74) is 0. The first-order valence-corrected chi connectivity index (χ1v) is 35.2. The number of rotatable bonds is 53. The Hall–Kier alpha value is -2.77. The van der Waals surface area contributed by atoms with E-state index in [-0.39, 0.29) is 18.9 Å². The van der Waals surface area contributed by atoms with E-state index in [4.69, 9.17) is 28.4 Å². The van der Waals surface area contributed by atoms with Crippen LogP contribution in [-0.2, 0) is 33.2 Å². The number of amides is 1.